The van der Waals surface area contributed by atoms with Crippen LogP contribution in [0.4, 0.5) is 0 Å². The fraction of sp³-hybridized carbons (Fsp3) is 0.545. The van der Waals surface area contributed by atoms with Gasteiger partial charge in [-0.2, -0.15) is 0 Å². The molecule has 0 aromatic heterocycles. The molecular formula is C22H26O4. The number of benzene rings is 1. The lowest BCUT2D eigenvalue weighted by molar-refractivity contribution is -0.135. The normalized spacial score (nSPS) is 24.1. The second-order valence-electron chi connectivity index (χ2n) is 7.27. The van der Waals surface area contributed by atoms with E-state index in [-0.39, 0.29) is 17.5 Å². The number of Topliss-reactive ketones (excluding diaryl/α,β-unsaturated/α-hetero) is 2. The Labute approximate surface area is 155 Å². The predicted molar refractivity (Wildman–Crippen MR) is 99.3 cm³/mol. The minimum Gasteiger partial charge on any atom is -0.496 e. The molecule has 1 aromatic rings. The highest BCUT2D eigenvalue weighted by Gasteiger charge is 2.41. The van der Waals surface area contributed by atoms with Gasteiger partial charge in [0, 0.05) is 37.2 Å². The van der Waals surface area contributed by atoms with Crippen LogP contribution in [0.5, 0.6) is 5.75 Å². The second-order valence-corrected chi connectivity index (χ2v) is 7.27. The van der Waals surface area contributed by atoms with Crippen LogP contribution in [0, 0.1) is 30.6 Å². The molecule has 0 amide bonds. The van der Waals surface area contributed by atoms with Crippen molar-refractivity contribution in [1.29, 1.82) is 0 Å². The summed E-state index contributed by atoms with van der Waals surface area (Å²) in [4.78, 5) is 25.9. The molecule has 1 heterocycles. The number of hydrogen-bond donors (Lipinski definition) is 0. The highest BCUT2D eigenvalue weighted by Crippen LogP contribution is 2.41. The average Bonchev–Trinajstić information content (AvgIpc) is 2.63. The molecule has 2 aliphatic rings. The van der Waals surface area contributed by atoms with Crippen molar-refractivity contribution in [2.24, 2.45) is 11.8 Å². The van der Waals surface area contributed by atoms with Gasteiger partial charge in [-0.1, -0.05) is 5.92 Å². The number of ketones is 2. The standard InChI is InChI=1S/C22H26O4/c1-4-5-15-10-14(2)21(20(11-15)25-3)22-18(23)12-17(13-19(22)24)16-6-8-26-9-7-16/h10-11,16-17,22H,6-9,12-13H2,1-3H3. The zero-order valence-electron chi connectivity index (χ0n) is 15.8. The first-order valence-electron chi connectivity index (χ1n) is 9.29. The molecule has 1 aliphatic heterocycles. The van der Waals surface area contributed by atoms with E-state index in [9.17, 15) is 9.59 Å². The largest absolute Gasteiger partial charge is 0.496 e. The first kappa shape index (κ1) is 18.7. The zero-order chi connectivity index (χ0) is 18.7. The Kier molecular flexibility index (Phi) is 5.78. The molecule has 1 aliphatic carbocycles. The minimum atomic E-state index is -0.704. The molecule has 0 atom stereocenters. The summed E-state index contributed by atoms with van der Waals surface area (Å²) in [6, 6.07) is 3.75. The van der Waals surface area contributed by atoms with Crippen molar-refractivity contribution in [3.63, 3.8) is 0 Å². The Balaban J connectivity index is 1.89. The van der Waals surface area contributed by atoms with E-state index in [4.69, 9.17) is 9.47 Å². The Hall–Kier alpha value is -2.12. The summed E-state index contributed by atoms with van der Waals surface area (Å²) in [5.74, 6) is 6.39. The topological polar surface area (TPSA) is 52.6 Å². The fourth-order valence-corrected chi connectivity index (χ4v) is 4.37. The van der Waals surface area contributed by atoms with E-state index in [1.165, 1.54) is 0 Å². The molecule has 2 fully saturated rings. The van der Waals surface area contributed by atoms with Gasteiger partial charge >= 0.3 is 0 Å². The highest BCUT2D eigenvalue weighted by atomic mass is 16.5. The Bertz CT molecular complexity index is 744. The monoisotopic (exact) mass is 354 g/mol. The van der Waals surface area contributed by atoms with Crippen LogP contribution in [0.25, 0.3) is 0 Å². The van der Waals surface area contributed by atoms with Gasteiger partial charge in [-0.25, -0.2) is 0 Å². The molecule has 0 unspecified atom stereocenters. The quantitative estimate of drug-likeness (QED) is 0.616. The number of methoxy groups -OCH3 is 1. The predicted octanol–water partition coefficient (Wildman–Crippen LogP) is 3.43. The molecule has 4 nitrogen and oxygen atoms in total. The van der Waals surface area contributed by atoms with Crippen molar-refractivity contribution in [2.75, 3.05) is 20.3 Å². The lowest BCUT2D eigenvalue weighted by atomic mass is 9.69. The van der Waals surface area contributed by atoms with E-state index in [1.807, 2.05) is 19.1 Å². The first-order chi connectivity index (χ1) is 12.5. The van der Waals surface area contributed by atoms with Crippen molar-refractivity contribution >= 4 is 11.6 Å². The van der Waals surface area contributed by atoms with Gasteiger partial charge in [0.25, 0.3) is 0 Å². The minimum absolute atomic E-state index is 0.0217. The molecule has 3 rings (SSSR count). The number of carbonyl (C=O) groups excluding carboxylic acids is 2. The second kappa shape index (κ2) is 8.05. The number of hydrogen-bond acceptors (Lipinski definition) is 4. The van der Waals surface area contributed by atoms with Crippen LogP contribution in [-0.4, -0.2) is 31.9 Å². The summed E-state index contributed by atoms with van der Waals surface area (Å²) in [6.45, 7) is 5.17. The number of rotatable bonds is 3. The van der Waals surface area contributed by atoms with Gasteiger partial charge in [-0.15, -0.1) is 5.92 Å². The van der Waals surface area contributed by atoms with Crippen molar-refractivity contribution in [3.05, 3.63) is 28.8 Å². The molecule has 0 spiro atoms. The van der Waals surface area contributed by atoms with E-state index in [0.717, 1.165) is 42.7 Å². The number of aryl methyl sites for hydroxylation is 1. The van der Waals surface area contributed by atoms with Gasteiger partial charge in [0.05, 0.1) is 7.11 Å². The van der Waals surface area contributed by atoms with Crippen molar-refractivity contribution in [2.45, 2.75) is 45.4 Å². The highest BCUT2D eigenvalue weighted by molar-refractivity contribution is 6.10. The SMILES string of the molecule is CC#Cc1cc(C)c(C2C(=O)CC(C3CCOCC3)CC2=O)c(OC)c1. The molecule has 0 radical (unpaired) electrons. The van der Waals surface area contributed by atoms with Gasteiger partial charge in [-0.3, -0.25) is 9.59 Å². The van der Waals surface area contributed by atoms with Crippen LogP contribution in [-0.2, 0) is 14.3 Å². The fourth-order valence-electron chi connectivity index (χ4n) is 4.37. The van der Waals surface area contributed by atoms with Crippen molar-refractivity contribution < 1.29 is 19.1 Å². The molecular weight excluding hydrogens is 328 g/mol. The van der Waals surface area contributed by atoms with E-state index in [0.29, 0.717) is 24.5 Å². The molecule has 1 aromatic carbocycles. The van der Waals surface area contributed by atoms with Gasteiger partial charge in [-0.05, 0) is 56.2 Å². The molecule has 26 heavy (non-hydrogen) atoms. The Morgan fingerprint density at radius 2 is 1.73 bits per heavy atom. The Morgan fingerprint density at radius 3 is 2.31 bits per heavy atom. The van der Waals surface area contributed by atoms with Crippen molar-refractivity contribution in [1.82, 2.24) is 0 Å². The molecule has 1 saturated carbocycles. The van der Waals surface area contributed by atoms with E-state index >= 15 is 0 Å². The lowest BCUT2D eigenvalue weighted by Crippen LogP contribution is -2.37. The lowest BCUT2D eigenvalue weighted by Gasteiger charge is -2.35. The summed E-state index contributed by atoms with van der Waals surface area (Å²) in [5, 5.41) is 0. The smallest absolute Gasteiger partial charge is 0.148 e. The Morgan fingerprint density at radius 1 is 1.08 bits per heavy atom. The summed E-state index contributed by atoms with van der Waals surface area (Å²) in [5.41, 5.74) is 2.44. The maximum atomic E-state index is 13.0. The van der Waals surface area contributed by atoms with Crippen LogP contribution in [0.15, 0.2) is 12.1 Å². The number of carbonyl (C=O) groups is 2. The summed E-state index contributed by atoms with van der Waals surface area (Å²) in [7, 11) is 1.57. The van der Waals surface area contributed by atoms with Crippen LogP contribution in [0.2, 0.25) is 0 Å². The van der Waals surface area contributed by atoms with Crippen LogP contribution in [0.1, 0.15) is 55.2 Å². The number of ether oxygens (including phenoxy) is 2. The summed E-state index contributed by atoms with van der Waals surface area (Å²) in [6.07, 6.45) is 2.84. The average molecular weight is 354 g/mol. The van der Waals surface area contributed by atoms with Gasteiger partial charge < -0.3 is 9.47 Å². The third kappa shape index (κ3) is 3.68. The van der Waals surface area contributed by atoms with Crippen LogP contribution < -0.4 is 4.74 Å². The van der Waals surface area contributed by atoms with E-state index in [1.54, 1.807) is 14.0 Å². The molecule has 138 valence electrons. The summed E-state index contributed by atoms with van der Waals surface area (Å²) < 4.78 is 10.9. The first-order valence-corrected chi connectivity index (χ1v) is 9.29. The van der Waals surface area contributed by atoms with E-state index in [2.05, 4.69) is 11.8 Å². The van der Waals surface area contributed by atoms with E-state index < -0.39 is 5.92 Å². The van der Waals surface area contributed by atoms with Crippen LogP contribution >= 0.6 is 0 Å². The molecule has 1 saturated heterocycles. The van der Waals surface area contributed by atoms with Gasteiger partial charge in [0.2, 0.25) is 0 Å². The molecule has 0 bridgehead atoms. The summed E-state index contributed by atoms with van der Waals surface area (Å²) >= 11 is 0. The maximum absolute atomic E-state index is 13.0. The maximum Gasteiger partial charge on any atom is 0.148 e. The third-order valence-corrected chi connectivity index (χ3v) is 5.63. The van der Waals surface area contributed by atoms with Crippen molar-refractivity contribution in [3.8, 4) is 17.6 Å². The van der Waals surface area contributed by atoms with Gasteiger partial charge in [0.15, 0.2) is 0 Å². The molecule has 4 heteroatoms. The molecule has 0 N–H and O–H groups in total. The third-order valence-electron chi connectivity index (χ3n) is 5.63. The van der Waals surface area contributed by atoms with Gasteiger partial charge in [0.1, 0.15) is 23.2 Å². The van der Waals surface area contributed by atoms with Crippen LogP contribution in [0.3, 0.4) is 0 Å². The zero-order valence-corrected chi connectivity index (χ0v) is 15.8.